The summed E-state index contributed by atoms with van der Waals surface area (Å²) < 4.78 is 33.7. The Kier molecular flexibility index (Phi) is 7.20. The molecule has 0 radical (unpaired) electrons. The molecule has 10 nitrogen and oxygen atoms in total. The molecule has 47 heavy (non-hydrogen) atoms. The number of carbonyl (C=O) groups excluding carboxylic acids is 3. The molecule has 3 amide bonds. The maximum atomic E-state index is 13.9. The van der Waals surface area contributed by atoms with Crippen LogP contribution in [-0.2, 0) is 25.2 Å². The van der Waals surface area contributed by atoms with E-state index in [9.17, 15) is 23.2 Å². The van der Waals surface area contributed by atoms with Crippen LogP contribution in [0.3, 0.4) is 0 Å². The van der Waals surface area contributed by atoms with Crippen LogP contribution in [0.15, 0.2) is 45.6 Å². The summed E-state index contributed by atoms with van der Waals surface area (Å²) in [5.74, 6) is -0.762. The number of rotatable bonds is 0. The number of fused-ring (bicyclic) bond motifs is 8. The number of halogens is 4. The van der Waals surface area contributed by atoms with Gasteiger partial charge in [0.05, 0.1) is 43.7 Å². The third kappa shape index (κ3) is 4.66. The second kappa shape index (κ2) is 10.6. The van der Waals surface area contributed by atoms with Crippen molar-refractivity contribution >= 4 is 82.9 Å². The Morgan fingerprint density at radius 2 is 1.28 bits per heavy atom. The minimum Gasteiger partial charge on any atom is -0.444 e. The summed E-state index contributed by atoms with van der Waals surface area (Å²) in [6.45, 7) is 7.10. The van der Waals surface area contributed by atoms with Gasteiger partial charge < -0.3 is 24.8 Å². The lowest BCUT2D eigenvalue weighted by atomic mass is 9.73. The normalized spacial score (nSPS) is 18.7. The fraction of sp³-hybridized carbons (Fsp3) is 0.364. The number of likely N-dealkylation sites (N-methyl/N-ethyl adjacent to an activating group) is 2. The second-order valence-electron chi connectivity index (χ2n) is 13.4. The molecule has 244 valence electrons. The van der Waals surface area contributed by atoms with E-state index in [-0.39, 0.29) is 30.7 Å². The van der Waals surface area contributed by atoms with E-state index in [2.05, 4.69) is 47.1 Å². The Balaban J connectivity index is 0.000000156. The van der Waals surface area contributed by atoms with Gasteiger partial charge >= 0.3 is 6.09 Å². The number of nitrogens with zero attached hydrogens (tertiary/aromatic N) is 5. The third-order valence-electron chi connectivity index (χ3n) is 9.31. The van der Waals surface area contributed by atoms with Gasteiger partial charge in [0, 0.05) is 74.3 Å². The largest absolute Gasteiger partial charge is 0.444 e. The number of aromatic nitrogens is 2. The van der Waals surface area contributed by atoms with Crippen LogP contribution < -0.4 is 15.1 Å². The SMILES string of the molecule is CN1C(=O)C2(CN(C(=O)OC(C)(C)C)C2)c2c1cnc1cc(F)c(Br)cc21.CN1C(=O)C2(CNC2)c2c1cnc1cc(F)c(Br)cc21. The van der Waals surface area contributed by atoms with Crippen molar-refractivity contribution in [3.8, 4) is 0 Å². The molecule has 8 rings (SSSR count). The Morgan fingerprint density at radius 1 is 0.830 bits per heavy atom. The van der Waals surface area contributed by atoms with E-state index in [0.29, 0.717) is 44.1 Å². The fourth-order valence-electron chi connectivity index (χ4n) is 7.00. The molecule has 4 aromatic rings. The van der Waals surface area contributed by atoms with Crippen LogP contribution in [0.25, 0.3) is 21.8 Å². The summed E-state index contributed by atoms with van der Waals surface area (Å²) in [6.07, 6.45) is 2.81. The molecule has 2 spiro atoms. The second-order valence-corrected chi connectivity index (χ2v) is 15.1. The van der Waals surface area contributed by atoms with E-state index in [0.717, 1.165) is 22.2 Å². The van der Waals surface area contributed by atoms with Crippen molar-refractivity contribution in [3.63, 3.8) is 0 Å². The van der Waals surface area contributed by atoms with Gasteiger partial charge in [-0.3, -0.25) is 19.6 Å². The number of amides is 3. The quantitative estimate of drug-likeness (QED) is 0.250. The lowest BCUT2D eigenvalue weighted by Gasteiger charge is -2.46. The first-order valence-corrected chi connectivity index (χ1v) is 16.5. The predicted octanol–water partition coefficient (Wildman–Crippen LogP) is 5.56. The first-order chi connectivity index (χ1) is 22.1. The van der Waals surface area contributed by atoms with E-state index < -0.39 is 28.3 Å². The maximum absolute atomic E-state index is 13.9. The zero-order chi connectivity index (χ0) is 33.8. The maximum Gasteiger partial charge on any atom is 0.410 e. The first kappa shape index (κ1) is 31.8. The summed E-state index contributed by atoms with van der Waals surface area (Å²) in [4.78, 5) is 51.3. The van der Waals surface area contributed by atoms with Crippen molar-refractivity contribution in [1.29, 1.82) is 0 Å². The van der Waals surface area contributed by atoms with E-state index in [4.69, 9.17) is 4.74 Å². The molecular formula is C33H30Br2F2N6O4. The van der Waals surface area contributed by atoms with Crippen LogP contribution in [0.2, 0.25) is 0 Å². The van der Waals surface area contributed by atoms with Gasteiger partial charge in [0.25, 0.3) is 0 Å². The highest BCUT2D eigenvalue weighted by atomic mass is 79.9. The Labute approximate surface area is 285 Å². The topological polar surface area (TPSA) is 108 Å². The summed E-state index contributed by atoms with van der Waals surface area (Å²) in [5, 5.41) is 4.73. The highest BCUT2D eigenvalue weighted by molar-refractivity contribution is 9.10. The standard InChI is InChI=1S/C19H19BrFN3O3.C14H11BrFN3O/c1-18(2,3)27-17(26)24-8-19(9-24)15-10-5-11(20)12(21)6-13(10)22-7-14(15)23(4)16(19)25;1-19-11-4-18-10-3-9(16)8(15)2-7(10)12(11)14(13(19)20)5-17-6-14/h5-7H,8-9H2,1-4H3;2-4,17H,5-6H2,1H3. The van der Waals surface area contributed by atoms with E-state index in [1.165, 1.54) is 17.0 Å². The molecule has 0 saturated carbocycles. The molecule has 0 aliphatic carbocycles. The van der Waals surface area contributed by atoms with E-state index in [1.54, 1.807) is 69.2 Å². The average molecular weight is 772 g/mol. The number of pyridine rings is 2. The van der Waals surface area contributed by atoms with Crippen molar-refractivity contribution in [2.24, 2.45) is 0 Å². The van der Waals surface area contributed by atoms with Crippen LogP contribution in [-0.4, -0.2) is 78.7 Å². The number of hydrogen-bond acceptors (Lipinski definition) is 7. The van der Waals surface area contributed by atoms with Crippen LogP contribution in [0, 0.1) is 11.6 Å². The molecular weight excluding hydrogens is 742 g/mol. The Hall–Kier alpha value is -3.75. The van der Waals surface area contributed by atoms with Crippen LogP contribution in [0.4, 0.5) is 25.0 Å². The minimum absolute atomic E-state index is 0.0843. The van der Waals surface area contributed by atoms with Gasteiger partial charge in [-0.2, -0.15) is 0 Å². The minimum atomic E-state index is -0.848. The third-order valence-corrected chi connectivity index (χ3v) is 10.5. The number of carbonyl (C=O) groups is 3. The summed E-state index contributed by atoms with van der Waals surface area (Å²) >= 11 is 6.43. The molecule has 2 aromatic heterocycles. The highest BCUT2D eigenvalue weighted by Gasteiger charge is 2.60. The fourth-order valence-corrected chi connectivity index (χ4v) is 7.69. The van der Waals surface area contributed by atoms with Gasteiger partial charge in [0.1, 0.15) is 28.1 Å². The zero-order valence-electron chi connectivity index (χ0n) is 26.2. The van der Waals surface area contributed by atoms with Crippen molar-refractivity contribution in [1.82, 2.24) is 20.2 Å². The number of nitrogens with one attached hydrogen (secondary N) is 1. The molecule has 0 unspecified atom stereocenters. The Bertz CT molecular complexity index is 2060. The number of benzene rings is 2. The van der Waals surface area contributed by atoms with Gasteiger partial charge in [-0.25, -0.2) is 13.6 Å². The molecule has 4 aliphatic heterocycles. The molecule has 2 aromatic carbocycles. The molecule has 0 atom stereocenters. The first-order valence-electron chi connectivity index (χ1n) is 14.9. The van der Waals surface area contributed by atoms with Gasteiger partial charge in [0.15, 0.2) is 0 Å². The lowest BCUT2D eigenvalue weighted by Crippen LogP contribution is -2.65. The zero-order valence-corrected chi connectivity index (χ0v) is 29.3. The highest BCUT2D eigenvalue weighted by Crippen LogP contribution is 2.50. The smallest absolute Gasteiger partial charge is 0.410 e. The van der Waals surface area contributed by atoms with Gasteiger partial charge in [-0.1, -0.05) is 0 Å². The van der Waals surface area contributed by atoms with Gasteiger partial charge in [0.2, 0.25) is 11.8 Å². The van der Waals surface area contributed by atoms with Crippen LogP contribution in [0.5, 0.6) is 0 Å². The number of hydrogen-bond donors (Lipinski definition) is 1. The van der Waals surface area contributed by atoms with Crippen LogP contribution in [0.1, 0.15) is 31.9 Å². The monoisotopic (exact) mass is 770 g/mol. The molecule has 4 aliphatic rings. The van der Waals surface area contributed by atoms with E-state index >= 15 is 0 Å². The number of likely N-dealkylation sites (tertiary alicyclic amines) is 1. The van der Waals surface area contributed by atoms with Crippen molar-refractivity contribution in [2.75, 3.05) is 50.1 Å². The number of anilines is 2. The summed E-state index contributed by atoms with van der Waals surface area (Å²) in [6, 6.07) is 6.13. The van der Waals surface area contributed by atoms with Crippen molar-refractivity contribution in [3.05, 3.63) is 68.4 Å². The molecule has 2 saturated heterocycles. The summed E-state index contributed by atoms with van der Waals surface area (Å²) in [5.41, 5.74) is 2.37. The lowest BCUT2D eigenvalue weighted by molar-refractivity contribution is -0.128. The molecule has 0 bridgehead atoms. The average Bonchev–Trinajstić information content (AvgIpc) is 3.33. The summed E-state index contributed by atoms with van der Waals surface area (Å²) in [7, 11) is 3.46. The van der Waals surface area contributed by atoms with Gasteiger partial charge in [-0.15, -0.1) is 0 Å². The van der Waals surface area contributed by atoms with Crippen molar-refractivity contribution in [2.45, 2.75) is 37.2 Å². The predicted molar refractivity (Wildman–Crippen MR) is 180 cm³/mol. The molecule has 2 fully saturated rings. The van der Waals surface area contributed by atoms with Gasteiger partial charge in [-0.05, 0) is 64.8 Å². The number of ether oxygens (including phenoxy) is 1. The Morgan fingerprint density at radius 3 is 1.70 bits per heavy atom. The molecule has 6 heterocycles. The van der Waals surface area contributed by atoms with E-state index in [1.807, 2.05) is 0 Å². The molecule has 14 heteroatoms. The molecule has 1 N–H and O–H groups in total. The van der Waals surface area contributed by atoms with Crippen LogP contribution >= 0.6 is 31.9 Å². The van der Waals surface area contributed by atoms with Crippen molar-refractivity contribution < 1.29 is 27.9 Å².